The maximum absolute atomic E-state index is 11.7. The SMILES string of the molecule is CCCCCCCCCCCCCCCCCCCCCC(=O)OOCc1ccccc1. The van der Waals surface area contributed by atoms with E-state index < -0.39 is 0 Å². The Kier molecular flexibility index (Phi) is 20.5. The highest BCUT2D eigenvalue weighted by Crippen LogP contribution is 2.15. The predicted octanol–water partition coefficient (Wildman–Crippen LogP) is 9.48. The summed E-state index contributed by atoms with van der Waals surface area (Å²) in [7, 11) is 0. The number of unbranched alkanes of at least 4 members (excludes halogenated alkanes) is 18. The Labute approximate surface area is 198 Å². The topological polar surface area (TPSA) is 35.5 Å². The molecule has 1 rings (SSSR count). The monoisotopic (exact) mass is 446 g/mol. The molecule has 3 heteroatoms. The lowest BCUT2D eigenvalue weighted by molar-refractivity contribution is -0.280. The second-order valence-corrected chi connectivity index (χ2v) is 9.32. The van der Waals surface area contributed by atoms with Crippen LogP contribution in [0.3, 0.4) is 0 Å². The van der Waals surface area contributed by atoms with Gasteiger partial charge in [-0.2, -0.15) is 4.89 Å². The first-order valence-corrected chi connectivity index (χ1v) is 13.7. The van der Waals surface area contributed by atoms with Crippen molar-refractivity contribution in [3.63, 3.8) is 0 Å². The number of carbonyl (C=O) groups is 1. The van der Waals surface area contributed by atoms with Gasteiger partial charge in [-0.1, -0.05) is 153 Å². The number of carbonyl (C=O) groups excluding carboxylic acids is 1. The molecule has 0 unspecified atom stereocenters. The largest absolute Gasteiger partial charge is 0.342 e. The van der Waals surface area contributed by atoms with Crippen LogP contribution in [0, 0.1) is 0 Å². The maximum atomic E-state index is 11.7. The summed E-state index contributed by atoms with van der Waals surface area (Å²) in [5.41, 5.74) is 1.00. The Bertz CT molecular complexity index is 514. The summed E-state index contributed by atoms with van der Waals surface area (Å²) in [6.07, 6.45) is 26.2. The molecule has 0 aromatic heterocycles. The molecule has 0 atom stereocenters. The molecule has 0 fully saturated rings. The van der Waals surface area contributed by atoms with Gasteiger partial charge >= 0.3 is 5.97 Å². The van der Waals surface area contributed by atoms with E-state index in [2.05, 4.69) is 6.92 Å². The van der Waals surface area contributed by atoms with Gasteiger partial charge in [0.25, 0.3) is 0 Å². The summed E-state index contributed by atoms with van der Waals surface area (Å²) in [6.45, 7) is 2.60. The van der Waals surface area contributed by atoms with Crippen molar-refractivity contribution in [3.05, 3.63) is 35.9 Å². The van der Waals surface area contributed by atoms with Crippen molar-refractivity contribution in [2.45, 2.75) is 142 Å². The summed E-state index contributed by atoms with van der Waals surface area (Å²) < 4.78 is 0. The average molecular weight is 447 g/mol. The fourth-order valence-corrected chi connectivity index (χ4v) is 4.13. The zero-order chi connectivity index (χ0) is 23.0. The van der Waals surface area contributed by atoms with Crippen molar-refractivity contribution in [2.75, 3.05) is 0 Å². The molecule has 32 heavy (non-hydrogen) atoms. The number of benzene rings is 1. The molecule has 0 spiro atoms. The third-order valence-electron chi connectivity index (χ3n) is 6.20. The Morgan fingerprint density at radius 3 is 1.44 bits per heavy atom. The van der Waals surface area contributed by atoms with E-state index in [0.717, 1.165) is 18.4 Å². The molecular formula is C29H50O3. The zero-order valence-electron chi connectivity index (χ0n) is 21.0. The van der Waals surface area contributed by atoms with E-state index in [0.29, 0.717) is 13.0 Å². The normalized spacial score (nSPS) is 11.0. The molecule has 0 radical (unpaired) electrons. The van der Waals surface area contributed by atoms with E-state index in [1.807, 2.05) is 30.3 Å². The Morgan fingerprint density at radius 2 is 1.00 bits per heavy atom. The fraction of sp³-hybridized carbons (Fsp3) is 0.759. The molecule has 0 heterocycles. The van der Waals surface area contributed by atoms with Gasteiger partial charge in [0.05, 0.1) is 0 Å². The molecule has 0 amide bonds. The molecule has 0 aliphatic carbocycles. The summed E-state index contributed by atoms with van der Waals surface area (Å²) in [4.78, 5) is 21.5. The highest BCUT2D eigenvalue weighted by Gasteiger charge is 2.04. The molecule has 0 saturated carbocycles. The van der Waals surface area contributed by atoms with Crippen molar-refractivity contribution >= 4 is 5.97 Å². The van der Waals surface area contributed by atoms with Gasteiger partial charge in [-0.05, 0) is 12.0 Å². The van der Waals surface area contributed by atoms with Crippen LogP contribution < -0.4 is 0 Å². The smallest absolute Gasteiger partial charge is 0.298 e. The standard InChI is InChI=1S/C29H50O3/c1-2-3-4-5-6-7-8-9-10-11-12-13-14-15-16-17-18-19-23-26-29(30)32-31-27-28-24-21-20-22-25-28/h20-22,24-25H,2-19,23,26-27H2,1H3. The number of rotatable bonds is 23. The molecule has 3 nitrogen and oxygen atoms in total. The van der Waals surface area contributed by atoms with Gasteiger partial charge in [0.1, 0.15) is 6.61 Å². The summed E-state index contributed by atoms with van der Waals surface area (Å²) in [6, 6.07) is 9.74. The van der Waals surface area contributed by atoms with Gasteiger partial charge in [0.15, 0.2) is 0 Å². The first kappa shape index (κ1) is 28.7. The van der Waals surface area contributed by atoms with Crippen LogP contribution in [0.25, 0.3) is 0 Å². The van der Waals surface area contributed by atoms with E-state index in [1.54, 1.807) is 0 Å². The molecule has 0 aliphatic rings. The predicted molar refractivity (Wildman–Crippen MR) is 135 cm³/mol. The quantitative estimate of drug-likeness (QED) is 0.0953. The second-order valence-electron chi connectivity index (χ2n) is 9.32. The fourth-order valence-electron chi connectivity index (χ4n) is 4.13. The van der Waals surface area contributed by atoms with Crippen LogP contribution in [0.15, 0.2) is 30.3 Å². The van der Waals surface area contributed by atoms with Gasteiger partial charge in [0.2, 0.25) is 0 Å². The average Bonchev–Trinajstić information content (AvgIpc) is 2.81. The van der Waals surface area contributed by atoms with Crippen LogP contribution in [0.5, 0.6) is 0 Å². The van der Waals surface area contributed by atoms with Crippen molar-refractivity contribution < 1.29 is 14.6 Å². The first-order valence-electron chi connectivity index (χ1n) is 13.7. The molecule has 0 bridgehead atoms. The van der Waals surface area contributed by atoms with Crippen molar-refractivity contribution in [3.8, 4) is 0 Å². The molecular weight excluding hydrogens is 396 g/mol. The zero-order valence-corrected chi connectivity index (χ0v) is 21.0. The lowest BCUT2D eigenvalue weighted by atomic mass is 10.0. The van der Waals surface area contributed by atoms with E-state index in [9.17, 15) is 4.79 Å². The number of hydrogen-bond acceptors (Lipinski definition) is 3. The van der Waals surface area contributed by atoms with E-state index in [-0.39, 0.29) is 5.97 Å². The summed E-state index contributed by atoms with van der Waals surface area (Å²) in [5.74, 6) is -0.257. The van der Waals surface area contributed by atoms with Gasteiger partial charge in [-0.25, -0.2) is 4.79 Å². The van der Waals surface area contributed by atoms with Gasteiger partial charge in [-0.15, -0.1) is 0 Å². The third-order valence-corrected chi connectivity index (χ3v) is 6.20. The highest BCUT2D eigenvalue weighted by molar-refractivity contribution is 5.68. The molecule has 0 N–H and O–H groups in total. The summed E-state index contributed by atoms with van der Waals surface area (Å²) >= 11 is 0. The number of hydrogen-bond donors (Lipinski definition) is 0. The molecule has 1 aromatic rings. The highest BCUT2D eigenvalue weighted by atomic mass is 17.2. The van der Waals surface area contributed by atoms with Crippen molar-refractivity contribution in [1.82, 2.24) is 0 Å². The van der Waals surface area contributed by atoms with E-state index >= 15 is 0 Å². The van der Waals surface area contributed by atoms with Crippen LogP contribution in [-0.4, -0.2) is 5.97 Å². The van der Waals surface area contributed by atoms with Crippen molar-refractivity contribution in [2.24, 2.45) is 0 Å². The molecule has 184 valence electrons. The van der Waals surface area contributed by atoms with Crippen LogP contribution in [-0.2, 0) is 21.2 Å². The van der Waals surface area contributed by atoms with Crippen LogP contribution >= 0.6 is 0 Å². The molecule has 0 saturated heterocycles. The second kappa shape index (κ2) is 22.8. The van der Waals surface area contributed by atoms with Crippen molar-refractivity contribution in [1.29, 1.82) is 0 Å². The van der Waals surface area contributed by atoms with E-state index in [4.69, 9.17) is 9.78 Å². The summed E-state index contributed by atoms with van der Waals surface area (Å²) in [5, 5.41) is 0. The Balaban J connectivity index is 1.71. The van der Waals surface area contributed by atoms with Gasteiger partial charge < -0.3 is 0 Å². The van der Waals surface area contributed by atoms with Crippen LogP contribution in [0.2, 0.25) is 0 Å². The lowest BCUT2D eigenvalue weighted by Gasteiger charge is -2.05. The van der Waals surface area contributed by atoms with Gasteiger partial charge in [-0.3, -0.25) is 4.89 Å². The van der Waals surface area contributed by atoms with Crippen LogP contribution in [0.1, 0.15) is 141 Å². The lowest BCUT2D eigenvalue weighted by Crippen LogP contribution is -2.05. The Morgan fingerprint density at radius 1 is 0.594 bits per heavy atom. The minimum Gasteiger partial charge on any atom is -0.298 e. The minimum atomic E-state index is -0.257. The van der Waals surface area contributed by atoms with Crippen LogP contribution in [0.4, 0.5) is 0 Å². The Hall–Kier alpha value is -1.35. The van der Waals surface area contributed by atoms with Gasteiger partial charge in [0, 0.05) is 6.42 Å². The maximum Gasteiger partial charge on any atom is 0.342 e. The minimum absolute atomic E-state index is 0.257. The first-order chi connectivity index (χ1) is 15.8. The molecule has 0 aliphatic heterocycles. The van der Waals surface area contributed by atoms with E-state index in [1.165, 1.54) is 109 Å². The third kappa shape index (κ3) is 19.3. The molecule has 1 aromatic carbocycles.